The molecule has 3 aromatic rings. The minimum Gasteiger partial charge on any atom is -0.497 e. The van der Waals surface area contributed by atoms with E-state index in [0.717, 1.165) is 5.56 Å². The summed E-state index contributed by atoms with van der Waals surface area (Å²) in [5.74, 6) is 1.48. The van der Waals surface area contributed by atoms with E-state index >= 15 is 0 Å². The van der Waals surface area contributed by atoms with Crippen LogP contribution in [-0.2, 0) is 11.3 Å². The second-order valence-corrected chi connectivity index (χ2v) is 6.82. The van der Waals surface area contributed by atoms with Crippen molar-refractivity contribution < 1.29 is 23.2 Å². The second kappa shape index (κ2) is 7.90. The average molecular weight is 397 g/mol. The van der Waals surface area contributed by atoms with Crippen LogP contribution >= 0.6 is 0 Å². The molecule has 8 heteroatoms. The zero-order valence-electron chi connectivity index (χ0n) is 16.1. The number of rotatable bonds is 6. The Hall–Kier alpha value is -3.42. The number of ether oxygens (including phenoxy) is 2. The fourth-order valence-electron chi connectivity index (χ4n) is 3.43. The quantitative estimate of drug-likeness (QED) is 0.634. The predicted molar refractivity (Wildman–Crippen MR) is 102 cm³/mol. The minimum absolute atomic E-state index is 0.00461. The summed E-state index contributed by atoms with van der Waals surface area (Å²) in [5.41, 5.74) is 1.39. The van der Waals surface area contributed by atoms with Gasteiger partial charge in [0.05, 0.1) is 14.2 Å². The molecule has 0 N–H and O–H groups in total. The van der Waals surface area contributed by atoms with Crippen LogP contribution in [0.2, 0.25) is 0 Å². The molecule has 0 saturated carbocycles. The molecule has 0 bridgehead atoms. The Kier molecular flexibility index (Phi) is 5.16. The van der Waals surface area contributed by atoms with E-state index in [1.807, 2.05) is 12.1 Å². The van der Waals surface area contributed by atoms with E-state index < -0.39 is 0 Å². The average Bonchev–Trinajstić information content (AvgIpc) is 3.36. The lowest BCUT2D eigenvalue weighted by Gasteiger charge is -2.18. The number of likely N-dealkylation sites (tertiary alicyclic amines) is 1. The van der Waals surface area contributed by atoms with Gasteiger partial charge in [-0.3, -0.25) is 4.79 Å². The molecule has 2 aromatic carbocycles. The van der Waals surface area contributed by atoms with Crippen LogP contribution in [0, 0.1) is 5.82 Å². The number of carbonyl (C=O) groups is 1. The number of aromatic nitrogens is 2. The maximum Gasteiger partial charge on any atom is 0.258 e. The van der Waals surface area contributed by atoms with E-state index in [1.54, 1.807) is 37.3 Å². The number of hydrogen-bond donors (Lipinski definition) is 0. The summed E-state index contributed by atoms with van der Waals surface area (Å²) >= 11 is 0. The monoisotopic (exact) mass is 397 g/mol. The molecular formula is C21H20FN3O4. The van der Waals surface area contributed by atoms with E-state index in [-0.39, 0.29) is 23.5 Å². The molecule has 1 fully saturated rings. The normalized spacial score (nSPS) is 16.3. The summed E-state index contributed by atoms with van der Waals surface area (Å²) in [5, 5.41) is 4.01. The van der Waals surface area contributed by atoms with Crippen molar-refractivity contribution in [1.29, 1.82) is 0 Å². The number of benzene rings is 2. The van der Waals surface area contributed by atoms with Gasteiger partial charge in [-0.1, -0.05) is 11.2 Å². The first-order chi connectivity index (χ1) is 14.1. The number of methoxy groups -OCH3 is 2. The van der Waals surface area contributed by atoms with Gasteiger partial charge in [-0.25, -0.2) is 4.39 Å². The SMILES string of the molecule is COc1ccc(CN2CC(c3noc(-c4cccc(F)c4)n3)CC2=O)c(OC)c1. The fraction of sp³-hybridized carbons (Fsp3) is 0.286. The van der Waals surface area contributed by atoms with Gasteiger partial charge in [0.1, 0.15) is 17.3 Å². The molecule has 1 aliphatic heterocycles. The number of nitrogens with zero attached hydrogens (tertiary/aromatic N) is 3. The molecule has 1 amide bonds. The van der Waals surface area contributed by atoms with Gasteiger partial charge in [0.2, 0.25) is 5.91 Å². The van der Waals surface area contributed by atoms with Gasteiger partial charge in [0.15, 0.2) is 5.82 Å². The van der Waals surface area contributed by atoms with Gasteiger partial charge in [-0.15, -0.1) is 0 Å². The Balaban J connectivity index is 1.49. The lowest BCUT2D eigenvalue weighted by Crippen LogP contribution is -2.24. The molecule has 0 radical (unpaired) electrons. The highest BCUT2D eigenvalue weighted by Gasteiger charge is 2.34. The first-order valence-corrected chi connectivity index (χ1v) is 9.15. The van der Waals surface area contributed by atoms with Crippen molar-refractivity contribution in [2.45, 2.75) is 18.9 Å². The van der Waals surface area contributed by atoms with E-state index in [0.29, 0.717) is 42.4 Å². The Morgan fingerprint density at radius 1 is 1.21 bits per heavy atom. The summed E-state index contributed by atoms with van der Waals surface area (Å²) in [4.78, 5) is 18.6. The van der Waals surface area contributed by atoms with Crippen molar-refractivity contribution in [3.05, 3.63) is 59.7 Å². The molecule has 29 heavy (non-hydrogen) atoms. The number of halogens is 1. The van der Waals surface area contributed by atoms with E-state index in [9.17, 15) is 9.18 Å². The van der Waals surface area contributed by atoms with Crippen LogP contribution < -0.4 is 9.47 Å². The van der Waals surface area contributed by atoms with Gasteiger partial charge in [0, 0.05) is 42.6 Å². The highest BCUT2D eigenvalue weighted by molar-refractivity contribution is 5.79. The van der Waals surface area contributed by atoms with Crippen molar-refractivity contribution in [2.24, 2.45) is 0 Å². The smallest absolute Gasteiger partial charge is 0.258 e. The number of carbonyl (C=O) groups excluding carboxylic acids is 1. The summed E-state index contributed by atoms with van der Waals surface area (Å²) in [7, 11) is 3.17. The Morgan fingerprint density at radius 3 is 2.83 bits per heavy atom. The zero-order valence-corrected chi connectivity index (χ0v) is 16.1. The molecule has 1 atom stereocenters. The maximum absolute atomic E-state index is 13.4. The summed E-state index contributed by atoms with van der Waals surface area (Å²) in [6.07, 6.45) is 0.292. The molecule has 2 heterocycles. The van der Waals surface area contributed by atoms with Crippen LogP contribution in [-0.4, -0.2) is 41.7 Å². The largest absolute Gasteiger partial charge is 0.497 e. The number of hydrogen-bond acceptors (Lipinski definition) is 6. The molecular weight excluding hydrogens is 377 g/mol. The van der Waals surface area contributed by atoms with E-state index in [2.05, 4.69) is 10.1 Å². The molecule has 1 aliphatic rings. The molecule has 4 rings (SSSR count). The van der Waals surface area contributed by atoms with E-state index in [4.69, 9.17) is 14.0 Å². The summed E-state index contributed by atoms with van der Waals surface area (Å²) in [6, 6.07) is 11.5. The van der Waals surface area contributed by atoms with Crippen LogP contribution in [0.1, 0.15) is 23.7 Å². The third kappa shape index (κ3) is 3.91. The van der Waals surface area contributed by atoms with Crippen LogP contribution in [0.5, 0.6) is 11.5 Å². The molecule has 150 valence electrons. The topological polar surface area (TPSA) is 77.7 Å². The number of amides is 1. The Bertz CT molecular complexity index is 1040. The maximum atomic E-state index is 13.4. The van der Waals surface area contributed by atoms with Gasteiger partial charge >= 0.3 is 0 Å². The lowest BCUT2D eigenvalue weighted by molar-refractivity contribution is -0.128. The predicted octanol–water partition coefficient (Wildman–Crippen LogP) is 3.41. The second-order valence-electron chi connectivity index (χ2n) is 6.82. The highest BCUT2D eigenvalue weighted by Crippen LogP contribution is 2.32. The van der Waals surface area contributed by atoms with Crippen LogP contribution in [0.25, 0.3) is 11.5 Å². The zero-order chi connectivity index (χ0) is 20.4. The highest BCUT2D eigenvalue weighted by atomic mass is 19.1. The van der Waals surface area contributed by atoms with Crippen molar-refractivity contribution >= 4 is 5.91 Å². The fourth-order valence-corrected chi connectivity index (χ4v) is 3.43. The standard InChI is InChI=1S/C21H20FN3O4/c1-27-17-7-6-14(18(10-17)28-2)11-25-12-15(9-19(25)26)20-23-21(29-24-20)13-4-3-5-16(22)8-13/h3-8,10,15H,9,11-12H2,1-2H3. The summed E-state index contributed by atoms with van der Waals surface area (Å²) in [6.45, 7) is 0.882. The van der Waals surface area contributed by atoms with Crippen LogP contribution in [0.3, 0.4) is 0 Å². The molecule has 1 aromatic heterocycles. The Morgan fingerprint density at radius 2 is 2.07 bits per heavy atom. The molecule has 1 unspecified atom stereocenters. The van der Waals surface area contributed by atoms with Crippen molar-refractivity contribution in [1.82, 2.24) is 15.0 Å². The molecule has 1 saturated heterocycles. The first kappa shape index (κ1) is 18.9. The first-order valence-electron chi connectivity index (χ1n) is 9.15. The van der Waals surface area contributed by atoms with Crippen molar-refractivity contribution in [3.63, 3.8) is 0 Å². The minimum atomic E-state index is -0.377. The lowest BCUT2D eigenvalue weighted by atomic mass is 10.1. The van der Waals surface area contributed by atoms with Gasteiger partial charge in [0.25, 0.3) is 5.89 Å². The van der Waals surface area contributed by atoms with Crippen molar-refractivity contribution in [3.8, 4) is 23.0 Å². The van der Waals surface area contributed by atoms with Gasteiger partial charge in [-0.2, -0.15) is 4.98 Å². The third-order valence-corrected chi connectivity index (χ3v) is 4.95. The molecule has 7 nitrogen and oxygen atoms in total. The van der Waals surface area contributed by atoms with E-state index in [1.165, 1.54) is 12.1 Å². The van der Waals surface area contributed by atoms with Crippen molar-refractivity contribution in [2.75, 3.05) is 20.8 Å². The summed E-state index contributed by atoms with van der Waals surface area (Å²) < 4.78 is 29.3. The van der Waals surface area contributed by atoms with Gasteiger partial charge < -0.3 is 18.9 Å². The molecule has 0 aliphatic carbocycles. The third-order valence-electron chi connectivity index (χ3n) is 4.95. The van der Waals surface area contributed by atoms with Gasteiger partial charge in [-0.05, 0) is 30.3 Å². The molecule has 0 spiro atoms. The van der Waals surface area contributed by atoms with Crippen LogP contribution in [0.4, 0.5) is 4.39 Å². The Labute approximate surface area is 167 Å². The van der Waals surface area contributed by atoms with Crippen LogP contribution in [0.15, 0.2) is 47.0 Å².